The number of aryl methyl sites for hydroxylation is 1. The van der Waals surface area contributed by atoms with Crippen LogP contribution in [0.1, 0.15) is 53.8 Å². The highest BCUT2D eigenvalue weighted by Crippen LogP contribution is 2.54. The number of thioether (sulfide) groups is 1. The molecule has 3 amide bonds. The van der Waals surface area contributed by atoms with Gasteiger partial charge in [-0.3, -0.25) is 23.7 Å². The van der Waals surface area contributed by atoms with Crippen molar-refractivity contribution in [3.63, 3.8) is 0 Å². The summed E-state index contributed by atoms with van der Waals surface area (Å²) in [6.45, 7) is 7.79. The van der Waals surface area contributed by atoms with E-state index in [0.717, 1.165) is 57.3 Å². The molecule has 1 aromatic heterocycles. The Labute approximate surface area is 271 Å². The molecule has 0 saturated carbocycles. The van der Waals surface area contributed by atoms with E-state index in [1.165, 1.54) is 10.6 Å². The van der Waals surface area contributed by atoms with Gasteiger partial charge in [-0.05, 0) is 53.8 Å². The van der Waals surface area contributed by atoms with Crippen molar-refractivity contribution < 1.29 is 27.6 Å². The van der Waals surface area contributed by atoms with Crippen LogP contribution in [0.3, 0.4) is 0 Å². The molecular weight excluding hydrogens is 636 g/mol. The fraction of sp³-hybridized carbons (Fsp3) is 0.294. The van der Waals surface area contributed by atoms with E-state index in [1.807, 2.05) is 43.3 Å². The van der Waals surface area contributed by atoms with Crippen LogP contribution in [0.25, 0.3) is 0 Å². The van der Waals surface area contributed by atoms with Crippen LogP contribution in [0.2, 0.25) is 0 Å². The minimum Gasteiger partial charge on any atom is -0.325 e. The SMILES string of the molecule is Cc1ccc(NC(=O)Cn2c3c(sc2=O)[C@@H](c2ccc(C(C)(C)C)cc2)[C@@H]2C(=O)N(c4cccc(C(F)(F)F)c4)C(=O)[C@@H]2S3)cc1. The molecular formula is C34H30F3N3O4S2. The predicted octanol–water partition coefficient (Wildman–Crippen LogP) is 6.97. The maximum Gasteiger partial charge on any atom is 0.416 e. The Balaban J connectivity index is 1.42. The Kier molecular flexibility index (Phi) is 8.00. The third-order valence-corrected chi connectivity index (χ3v) is 10.9. The second-order valence-corrected chi connectivity index (χ2v) is 14.6. The Morgan fingerprint density at radius 2 is 1.57 bits per heavy atom. The molecule has 1 N–H and O–H groups in total. The second kappa shape index (κ2) is 11.6. The van der Waals surface area contributed by atoms with Gasteiger partial charge in [-0.15, -0.1) is 0 Å². The highest BCUT2D eigenvalue weighted by atomic mass is 32.2. The Bertz CT molecular complexity index is 1910. The van der Waals surface area contributed by atoms with E-state index < -0.39 is 51.4 Å². The van der Waals surface area contributed by atoms with Gasteiger partial charge >= 0.3 is 11.0 Å². The maximum atomic E-state index is 14.1. The molecule has 1 fully saturated rings. The van der Waals surface area contributed by atoms with Gasteiger partial charge in [0.1, 0.15) is 11.8 Å². The first kappa shape index (κ1) is 31.8. The largest absolute Gasteiger partial charge is 0.416 e. The van der Waals surface area contributed by atoms with E-state index in [9.17, 15) is 32.3 Å². The van der Waals surface area contributed by atoms with Gasteiger partial charge in [0.25, 0.3) is 0 Å². The summed E-state index contributed by atoms with van der Waals surface area (Å²) in [6.07, 6.45) is -4.67. The molecule has 1 saturated heterocycles. The second-order valence-electron chi connectivity index (χ2n) is 12.5. The number of hydrogen-bond donors (Lipinski definition) is 1. The van der Waals surface area contributed by atoms with E-state index >= 15 is 0 Å². The molecule has 3 atom stereocenters. The van der Waals surface area contributed by atoms with Gasteiger partial charge in [0.05, 0.1) is 22.2 Å². The van der Waals surface area contributed by atoms with Gasteiger partial charge in [0.2, 0.25) is 17.7 Å². The third-order valence-electron chi connectivity index (χ3n) is 8.25. The van der Waals surface area contributed by atoms with Gasteiger partial charge in [0.15, 0.2) is 0 Å². The maximum absolute atomic E-state index is 14.1. The molecule has 46 heavy (non-hydrogen) atoms. The lowest BCUT2D eigenvalue weighted by molar-refractivity contribution is -0.137. The Hall–Kier alpha value is -4.16. The molecule has 3 aromatic carbocycles. The molecule has 0 bridgehead atoms. The van der Waals surface area contributed by atoms with Crippen molar-refractivity contribution in [1.29, 1.82) is 0 Å². The number of nitrogens with one attached hydrogen (secondary N) is 1. The summed E-state index contributed by atoms with van der Waals surface area (Å²) in [5.74, 6) is -3.47. The Morgan fingerprint density at radius 1 is 0.891 bits per heavy atom. The number of carbonyl (C=O) groups is 3. The quantitative estimate of drug-likeness (QED) is 0.233. The summed E-state index contributed by atoms with van der Waals surface area (Å²) in [5.41, 5.74) is 2.00. The summed E-state index contributed by atoms with van der Waals surface area (Å²) in [4.78, 5) is 55.5. The van der Waals surface area contributed by atoms with Crippen LogP contribution in [0.5, 0.6) is 0 Å². The van der Waals surface area contributed by atoms with E-state index in [0.29, 0.717) is 21.2 Å². The number of nitrogens with zero attached hydrogens (tertiary/aromatic N) is 2. The highest BCUT2D eigenvalue weighted by molar-refractivity contribution is 8.00. The lowest BCUT2D eigenvalue weighted by atomic mass is 9.81. The minimum absolute atomic E-state index is 0.160. The molecule has 12 heteroatoms. The van der Waals surface area contributed by atoms with E-state index in [1.54, 1.807) is 12.1 Å². The average molecular weight is 666 g/mol. The molecule has 3 heterocycles. The van der Waals surface area contributed by atoms with Crippen molar-refractivity contribution >= 4 is 52.2 Å². The van der Waals surface area contributed by atoms with E-state index in [4.69, 9.17) is 0 Å². The molecule has 238 valence electrons. The molecule has 0 radical (unpaired) electrons. The predicted molar refractivity (Wildman–Crippen MR) is 172 cm³/mol. The summed E-state index contributed by atoms with van der Waals surface area (Å²) < 4.78 is 42.0. The first-order chi connectivity index (χ1) is 21.6. The molecule has 6 rings (SSSR count). The molecule has 0 spiro atoms. The number of benzene rings is 3. The van der Waals surface area contributed by atoms with Crippen molar-refractivity contribution in [3.8, 4) is 0 Å². The number of halogens is 3. The molecule has 0 aliphatic carbocycles. The topological polar surface area (TPSA) is 88.5 Å². The molecule has 2 aliphatic rings. The zero-order valence-electron chi connectivity index (χ0n) is 25.3. The summed E-state index contributed by atoms with van der Waals surface area (Å²) >= 11 is 1.92. The summed E-state index contributed by atoms with van der Waals surface area (Å²) in [7, 11) is 0. The number of imide groups is 1. The van der Waals surface area contributed by atoms with Gasteiger partial charge in [-0.2, -0.15) is 13.2 Å². The van der Waals surface area contributed by atoms with Crippen LogP contribution < -0.4 is 15.1 Å². The normalized spacial score (nSPS) is 19.6. The number of carbonyl (C=O) groups excluding carboxylic acids is 3. The van der Waals surface area contributed by atoms with Crippen molar-refractivity contribution in [2.45, 2.75) is 62.0 Å². The van der Waals surface area contributed by atoms with E-state index in [2.05, 4.69) is 26.1 Å². The fourth-order valence-corrected chi connectivity index (χ4v) is 8.63. The van der Waals surface area contributed by atoms with Crippen LogP contribution >= 0.6 is 23.1 Å². The monoisotopic (exact) mass is 665 g/mol. The first-order valence-corrected chi connectivity index (χ1v) is 16.3. The van der Waals surface area contributed by atoms with Gasteiger partial charge in [-0.1, -0.05) is 91.9 Å². The van der Waals surface area contributed by atoms with Crippen LogP contribution in [-0.4, -0.2) is 27.5 Å². The van der Waals surface area contributed by atoms with Crippen LogP contribution in [-0.2, 0) is 32.5 Å². The number of aromatic nitrogens is 1. The average Bonchev–Trinajstić information content (AvgIpc) is 3.43. The highest BCUT2D eigenvalue weighted by Gasteiger charge is 2.57. The summed E-state index contributed by atoms with van der Waals surface area (Å²) in [6, 6.07) is 19.0. The molecule has 7 nitrogen and oxygen atoms in total. The fourth-order valence-electron chi connectivity index (χ4n) is 5.86. The smallest absolute Gasteiger partial charge is 0.325 e. The van der Waals surface area contributed by atoms with Crippen LogP contribution in [0.4, 0.5) is 24.5 Å². The van der Waals surface area contributed by atoms with Crippen LogP contribution in [0, 0.1) is 12.8 Å². The number of fused-ring (bicyclic) bond motifs is 2. The number of thiazole rings is 1. The van der Waals surface area contributed by atoms with Gasteiger partial charge in [-0.25, -0.2) is 4.90 Å². The minimum atomic E-state index is -4.67. The molecule has 0 unspecified atom stereocenters. The lowest BCUT2D eigenvalue weighted by Crippen LogP contribution is -2.33. The van der Waals surface area contributed by atoms with Crippen LogP contribution in [0.15, 0.2) is 82.6 Å². The number of rotatable bonds is 5. The number of anilines is 2. The van der Waals surface area contributed by atoms with Crippen molar-refractivity contribution in [2.75, 3.05) is 10.2 Å². The van der Waals surface area contributed by atoms with Gasteiger partial charge < -0.3 is 5.32 Å². The standard InChI is InChI=1S/C34H30F3N3O4S2/c1-18-8-14-22(15-9-18)38-24(41)17-39-31-28(46-32(39)44)25(19-10-12-20(13-11-19)33(2,3)4)26-27(45-31)30(43)40(29(26)42)23-7-5-6-21(16-23)34(35,36)37/h5-16,25-27H,17H2,1-4H3,(H,38,41)/t25-,26-,27+/m0/s1. The molecule has 4 aromatic rings. The first-order valence-electron chi connectivity index (χ1n) is 14.6. The van der Waals surface area contributed by atoms with E-state index in [-0.39, 0.29) is 17.6 Å². The van der Waals surface area contributed by atoms with Gasteiger partial charge in [0, 0.05) is 16.5 Å². The third kappa shape index (κ3) is 5.79. The number of amides is 3. The molecule has 2 aliphatic heterocycles. The van der Waals surface area contributed by atoms with Crippen molar-refractivity contribution in [3.05, 3.63) is 110 Å². The zero-order chi connectivity index (χ0) is 33.1. The number of alkyl halides is 3. The van der Waals surface area contributed by atoms with Crippen molar-refractivity contribution in [1.82, 2.24) is 4.57 Å². The Morgan fingerprint density at radius 3 is 2.20 bits per heavy atom. The number of hydrogen-bond acceptors (Lipinski definition) is 6. The zero-order valence-corrected chi connectivity index (χ0v) is 27.0. The summed E-state index contributed by atoms with van der Waals surface area (Å²) in [5, 5.41) is 2.16. The van der Waals surface area contributed by atoms with Crippen molar-refractivity contribution in [2.24, 2.45) is 5.92 Å². The lowest BCUT2D eigenvalue weighted by Gasteiger charge is -2.31.